The quantitative estimate of drug-likeness (QED) is 0.562. The zero-order valence-electron chi connectivity index (χ0n) is 18.5. The SMILES string of the molecule is CCNC(=O)[C@@H](C)N(Cc1cccc(Cl)c1)C(=O)CN(c1ccccc1OC)S(C)(=O)=O. The lowest BCUT2D eigenvalue weighted by Crippen LogP contribution is -2.51. The van der Waals surface area contributed by atoms with Crippen LogP contribution in [0.1, 0.15) is 19.4 Å². The molecule has 2 rings (SSSR count). The van der Waals surface area contributed by atoms with Crippen LogP contribution in [-0.4, -0.2) is 57.6 Å². The van der Waals surface area contributed by atoms with E-state index in [-0.39, 0.29) is 18.1 Å². The number of ether oxygens (including phenoxy) is 1. The van der Waals surface area contributed by atoms with E-state index in [2.05, 4.69) is 5.32 Å². The first kappa shape index (κ1) is 25.5. The summed E-state index contributed by atoms with van der Waals surface area (Å²) in [4.78, 5) is 27.2. The van der Waals surface area contributed by atoms with E-state index in [1.807, 2.05) is 0 Å². The van der Waals surface area contributed by atoms with Gasteiger partial charge in [-0.3, -0.25) is 13.9 Å². The predicted octanol–water partition coefficient (Wildman–Crippen LogP) is 2.67. The van der Waals surface area contributed by atoms with Crippen LogP contribution in [0.3, 0.4) is 0 Å². The average Bonchev–Trinajstić information content (AvgIpc) is 2.74. The maximum Gasteiger partial charge on any atom is 0.244 e. The second-order valence-corrected chi connectivity index (χ2v) is 9.51. The van der Waals surface area contributed by atoms with Gasteiger partial charge in [0.2, 0.25) is 21.8 Å². The second-order valence-electron chi connectivity index (χ2n) is 7.16. The van der Waals surface area contributed by atoms with Gasteiger partial charge < -0.3 is 15.0 Å². The molecule has 2 aromatic carbocycles. The van der Waals surface area contributed by atoms with Crippen molar-refractivity contribution < 1.29 is 22.7 Å². The number of halogens is 1. The summed E-state index contributed by atoms with van der Waals surface area (Å²) in [5.41, 5.74) is 0.949. The molecule has 32 heavy (non-hydrogen) atoms. The largest absolute Gasteiger partial charge is 0.495 e. The standard InChI is InChI=1S/C22H28ClN3O5S/c1-5-24-22(28)16(2)25(14-17-9-8-10-18(23)13-17)21(27)15-26(32(4,29)30)19-11-6-7-12-20(19)31-3/h6-13,16H,5,14-15H2,1-4H3,(H,24,28)/t16-/m1/s1. The van der Waals surface area contributed by atoms with Gasteiger partial charge in [-0.15, -0.1) is 0 Å². The van der Waals surface area contributed by atoms with Gasteiger partial charge in [-0.1, -0.05) is 35.9 Å². The minimum Gasteiger partial charge on any atom is -0.495 e. The first-order valence-electron chi connectivity index (χ1n) is 10.0. The molecular weight excluding hydrogens is 454 g/mol. The summed E-state index contributed by atoms with van der Waals surface area (Å²) in [5, 5.41) is 3.19. The molecule has 0 aliphatic rings. The first-order chi connectivity index (χ1) is 15.1. The number of hydrogen-bond donors (Lipinski definition) is 1. The van der Waals surface area contributed by atoms with Crippen molar-refractivity contribution in [2.45, 2.75) is 26.4 Å². The molecule has 10 heteroatoms. The monoisotopic (exact) mass is 481 g/mol. The van der Waals surface area contributed by atoms with Gasteiger partial charge in [0, 0.05) is 18.1 Å². The van der Waals surface area contributed by atoms with Gasteiger partial charge >= 0.3 is 0 Å². The number of sulfonamides is 1. The molecular formula is C22H28ClN3O5S. The lowest BCUT2D eigenvalue weighted by atomic mass is 10.1. The Morgan fingerprint density at radius 1 is 1.16 bits per heavy atom. The number of nitrogens with one attached hydrogen (secondary N) is 1. The molecule has 1 atom stereocenters. The number of methoxy groups -OCH3 is 1. The number of hydrogen-bond acceptors (Lipinski definition) is 5. The Balaban J connectivity index is 2.42. The zero-order valence-corrected chi connectivity index (χ0v) is 20.1. The molecule has 0 fully saturated rings. The number of para-hydroxylation sites is 2. The number of anilines is 1. The first-order valence-corrected chi connectivity index (χ1v) is 12.2. The van der Waals surface area contributed by atoms with E-state index in [4.69, 9.17) is 16.3 Å². The molecule has 174 valence electrons. The van der Waals surface area contributed by atoms with Crippen LogP contribution in [0.25, 0.3) is 0 Å². The summed E-state index contributed by atoms with van der Waals surface area (Å²) in [6, 6.07) is 12.6. The lowest BCUT2D eigenvalue weighted by molar-refractivity contribution is -0.139. The minimum absolute atomic E-state index is 0.0845. The average molecular weight is 482 g/mol. The molecule has 8 nitrogen and oxygen atoms in total. The maximum atomic E-state index is 13.4. The molecule has 0 bridgehead atoms. The highest BCUT2D eigenvalue weighted by atomic mass is 35.5. The van der Waals surface area contributed by atoms with Crippen molar-refractivity contribution in [3.8, 4) is 5.75 Å². The van der Waals surface area contributed by atoms with Gasteiger partial charge in [-0.25, -0.2) is 8.42 Å². The summed E-state index contributed by atoms with van der Waals surface area (Å²) in [5.74, 6) is -0.574. The third-order valence-electron chi connectivity index (χ3n) is 4.79. The van der Waals surface area contributed by atoms with Crippen LogP contribution < -0.4 is 14.4 Å². The Kier molecular flexibility index (Phi) is 8.91. The van der Waals surface area contributed by atoms with E-state index < -0.39 is 28.5 Å². The summed E-state index contributed by atoms with van der Waals surface area (Å²) >= 11 is 6.07. The van der Waals surface area contributed by atoms with E-state index >= 15 is 0 Å². The topological polar surface area (TPSA) is 96.0 Å². The van der Waals surface area contributed by atoms with Crippen LogP contribution in [0.4, 0.5) is 5.69 Å². The van der Waals surface area contributed by atoms with E-state index in [0.29, 0.717) is 22.9 Å². The molecule has 1 N–H and O–H groups in total. The smallest absolute Gasteiger partial charge is 0.244 e. The van der Waals surface area contributed by atoms with Crippen LogP contribution in [0.5, 0.6) is 5.75 Å². The Labute approximate surface area is 194 Å². The van der Waals surface area contributed by atoms with Crippen molar-refractivity contribution in [2.24, 2.45) is 0 Å². The van der Waals surface area contributed by atoms with Crippen molar-refractivity contribution in [2.75, 3.05) is 30.8 Å². The predicted molar refractivity (Wildman–Crippen MR) is 125 cm³/mol. The van der Waals surface area contributed by atoms with Gasteiger partial charge in [0.05, 0.1) is 19.1 Å². The van der Waals surface area contributed by atoms with Gasteiger partial charge in [-0.2, -0.15) is 0 Å². The van der Waals surface area contributed by atoms with E-state index in [9.17, 15) is 18.0 Å². The molecule has 0 saturated carbocycles. The van der Waals surface area contributed by atoms with Gasteiger partial charge in [0.1, 0.15) is 18.3 Å². The molecule has 0 spiro atoms. The highest BCUT2D eigenvalue weighted by molar-refractivity contribution is 7.92. The molecule has 2 amide bonds. The fourth-order valence-corrected chi connectivity index (χ4v) is 4.23. The number of rotatable bonds is 10. The highest BCUT2D eigenvalue weighted by Gasteiger charge is 2.30. The number of carbonyl (C=O) groups is 2. The highest BCUT2D eigenvalue weighted by Crippen LogP contribution is 2.29. The van der Waals surface area contributed by atoms with Gasteiger partial charge in [-0.05, 0) is 43.7 Å². The molecule has 0 saturated heterocycles. The van der Waals surface area contributed by atoms with Gasteiger partial charge in [0.15, 0.2) is 0 Å². The molecule has 0 aliphatic heterocycles. The van der Waals surface area contributed by atoms with Crippen LogP contribution in [0, 0.1) is 0 Å². The normalized spacial score (nSPS) is 12.0. The van der Waals surface area contributed by atoms with Crippen molar-refractivity contribution in [1.82, 2.24) is 10.2 Å². The van der Waals surface area contributed by atoms with Crippen molar-refractivity contribution in [3.63, 3.8) is 0 Å². The number of carbonyl (C=O) groups excluding carboxylic acids is 2. The third kappa shape index (κ3) is 6.61. The molecule has 0 aliphatic carbocycles. The number of benzene rings is 2. The van der Waals surface area contributed by atoms with Crippen molar-refractivity contribution in [1.29, 1.82) is 0 Å². The van der Waals surface area contributed by atoms with E-state index in [0.717, 1.165) is 10.6 Å². The van der Waals surface area contributed by atoms with Crippen LogP contribution in [0.15, 0.2) is 48.5 Å². The Hall–Kier alpha value is -2.78. The summed E-state index contributed by atoms with van der Waals surface area (Å²) in [6.07, 6.45) is 1.02. The van der Waals surface area contributed by atoms with E-state index in [1.54, 1.807) is 62.4 Å². The third-order valence-corrected chi connectivity index (χ3v) is 6.15. The molecule has 0 radical (unpaired) electrons. The number of amides is 2. The lowest BCUT2D eigenvalue weighted by Gasteiger charge is -2.31. The Morgan fingerprint density at radius 2 is 1.84 bits per heavy atom. The molecule has 2 aromatic rings. The van der Waals surface area contributed by atoms with E-state index in [1.165, 1.54) is 12.0 Å². The maximum absolute atomic E-state index is 13.4. The Bertz CT molecular complexity index is 1060. The second kappa shape index (κ2) is 11.2. The van der Waals surface area contributed by atoms with Crippen LogP contribution in [0.2, 0.25) is 5.02 Å². The van der Waals surface area contributed by atoms with Crippen LogP contribution in [-0.2, 0) is 26.2 Å². The number of nitrogens with zero attached hydrogens (tertiary/aromatic N) is 2. The zero-order chi connectivity index (χ0) is 23.9. The molecule has 0 aromatic heterocycles. The van der Waals surface area contributed by atoms with Crippen molar-refractivity contribution >= 4 is 39.1 Å². The fraction of sp³-hybridized carbons (Fsp3) is 0.364. The summed E-state index contributed by atoms with van der Waals surface area (Å²) in [7, 11) is -2.41. The fourth-order valence-electron chi connectivity index (χ4n) is 3.17. The molecule has 0 heterocycles. The Morgan fingerprint density at radius 3 is 2.44 bits per heavy atom. The summed E-state index contributed by atoms with van der Waals surface area (Å²) in [6.45, 7) is 3.37. The van der Waals surface area contributed by atoms with Crippen LogP contribution >= 0.6 is 11.6 Å². The van der Waals surface area contributed by atoms with Crippen molar-refractivity contribution in [3.05, 3.63) is 59.1 Å². The van der Waals surface area contributed by atoms with Gasteiger partial charge in [0.25, 0.3) is 0 Å². The minimum atomic E-state index is -3.83. The molecule has 0 unspecified atom stereocenters. The summed E-state index contributed by atoms with van der Waals surface area (Å²) < 4.78 is 31.4. The number of likely N-dealkylation sites (N-methyl/N-ethyl adjacent to an activating group) is 1.